The molecule has 18 heavy (non-hydrogen) atoms. The lowest BCUT2D eigenvalue weighted by Gasteiger charge is -2.53. The van der Waals surface area contributed by atoms with Gasteiger partial charge in [-0.05, 0) is 58.4 Å². The second-order valence-corrected chi connectivity index (χ2v) is 6.96. The Morgan fingerprint density at radius 1 is 1.06 bits per heavy atom. The van der Waals surface area contributed by atoms with Crippen LogP contribution in [0.1, 0.15) is 46.1 Å². The lowest BCUT2D eigenvalue weighted by atomic mass is 9.73. The molecule has 2 rings (SSSR count). The summed E-state index contributed by atoms with van der Waals surface area (Å²) in [6.07, 6.45) is 3.51. The molecule has 0 aliphatic carbocycles. The highest BCUT2D eigenvalue weighted by atomic mass is 15.5. The molecule has 2 nitrogen and oxygen atoms in total. The minimum absolute atomic E-state index is 0.0845. The molecule has 0 atom stereocenters. The van der Waals surface area contributed by atoms with Gasteiger partial charge in [0.2, 0.25) is 0 Å². The lowest BCUT2D eigenvalue weighted by Crippen LogP contribution is -2.64. The number of hydrazine groups is 1. The molecule has 1 fully saturated rings. The molecular formula is C16H26N2. The second kappa shape index (κ2) is 4.67. The molecule has 0 bridgehead atoms. The van der Waals surface area contributed by atoms with Gasteiger partial charge in [0.15, 0.2) is 0 Å². The van der Waals surface area contributed by atoms with Crippen LogP contribution in [0.25, 0.3) is 0 Å². The predicted molar refractivity (Wildman–Crippen MR) is 77.1 cm³/mol. The van der Waals surface area contributed by atoms with Crippen LogP contribution in [0.3, 0.4) is 0 Å². The standard InChI is InChI=1S/C16H26N2/c1-15(2)11-14(12-16(3,4)18(15)17)10-13-8-6-5-7-9-13/h5-9,14H,10-12,17H2,1-4H3. The summed E-state index contributed by atoms with van der Waals surface area (Å²) >= 11 is 0. The molecule has 2 N–H and O–H groups in total. The van der Waals surface area contributed by atoms with Crippen molar-refractivity contribution in [2.24, 2.45) is 11.8 Å². The molecular weight excluding hydrogens is 220 g/mol. The highest BCUT2D eigenvalue weighted by Gasteiger charge is 2.43. The summed E-state index contributed by atoms with van der Waals surface area (Å²) < 4.78 is 0. The van der Waals surface area contributed by atoms with Gasteiger partial charge in [-0.2, -0.15) is 0 Å². The van der Waals surface area contributed by atoms with E-state index in [1.807, 2.05) is 0 Å². The van der Waals surface area contributed by atoms with Crippen molar-refractivity contribution in [3.05, 3.63) is 35.9 Å². The van der Waals surface area contributed by atoms with Crippen molar-refractivity contribution in [3.63, 3.8) is 0 Å². The topological polar surface area (TPSA) is 29.3 Å². The van der Waals surface area contributed by atoms with Crippen LogP contribution in [-0.2, 0) is 6.42 Å². The van der Waals surface area contributed by atoms with Crippen LogP contribution in [0.4, 0.5) is 0 Å². The average Bonchev–Trinajstić information content (AvgIpc) is 2.26. The van der Waals surface area contributed by atoms with Gasteiger partial charge in [-0.3, -0.25) is 5.84 Å². The minimum Gasteiger partial charge on any atom is -0.268 e. The molecule has 1 aliphatic rings. The number of nitrogens with zero attached hydrogens (tertiary/aromatic N) is 1. The van der Waals surface area contributed by atoms with E-state index in [1.165, 1.54) is 24.8 Å². The summed E-state index contributed by atoms with van der Waals surface area (Å²) in [5.41, 5.74) is 1.61. The number of rotatable bonds is 2. The number of hydrogen-bond acceptors (Lipinski definition) is 2. The van der Waals surface area contributed by atoms with Gasteiger partial charge in [0.05, 0.1) is 0 Å². The fourth-order valence-electron chi connectivity index (χ4n) is 3.59. The molecule has 0 amide bonds. The van der Waals surface area contributed by atoms with Gasteiger partial charge in [0, 0.05) is 11.1 Å². The maximum Gasteiger partial charge on any atom is 0.0304 e. The van der Waals surface area contributed by atoms with Gasteiger partial charge in [0.1, 0.15) is 0 Å². The van der Waals surface area contributed by atoms with Gasteiger partial charge in [0.25, 0.3) is 0 Å². The first kappa shape index (κ1) is 13.6. The van der Waals surface area contributed by atoms with E-state index in [-0.39, 0.29) is 11.1 Å². The van der Waals surface area contributed by atoms with E-state index in [4.69, 9.17) is 5.84 Å². The average molecular weight is 246 g/mol. The first-order valence-corrected chi connectivity index (χ1v) is 6.90. The Kier molecular flexibility index (Phi) is 3.52. The molecule has 100 valence electrons. The third-order valence-corrected chi connectivity index (χ3v) is 4.25. The Morgan fingerprint density at radius 3 is 2.06 bits per heavy atom. The van der Waals surface area contributed by atoms with Crippen molar-refractivity contribution in [2.45, 2.75) is 58.0 Å². The van der Waals surface area contributed by atoms with Gasteiger partial charge >= 0.3 is 0 Å². The Labute approximate surface area is 111 Å². The van der Waals surface area contributed by atoms with Crippen LogP contribution < -0.4 is 5.84 Å². The maximum absolute atomic E-state index is 6.28. The van der Waals surface area contributed by atoms with E-state index in [2.05, 4.69) is 63.0 Å². The summed E-state index contributed by atoms with van der Waals surface area (Å²) in [5, 5.41) is 2.06. The minimum atomic E-state index is 0.0845. The molecule has 0 saturated carbocycles. The van der Waals surface area contributed by atoms with Crippen LogP contribution in [0.15, 0.2) is 30.3 Å². The Bertz CT molecular complexity index is 377. The molecule has 2 heteroatoms. The second-order valence-electron chi connectivity index (χ2n) is 6.96. The predicted octanol–water partition coefficient (Wildman–Crippen LogP) is 3.37. The number of hydrogen-bond donors (Lipinski definition) is 1. The molecule has 1 heterocycles. The first-order valence-electron chi connectivity index (χ1n) is 6.90. The number of piperidine rings is 1. The van der Waals surface area contributed by atoms with E-state index < -0.39 is 0 Å². The fourth-order valence-corrected chi connectivity index (χ4v) is 3.59. The van der Waals surface area contributed by atoms with E-state index in [9.17, 15) is 0 Å². The normalized spacial score (nSPS) is 24.1. The third kappa shape index (κ3) is 2.76. The fraction of sp³-hybridized carbons (Fsp3) is 0.625. The van der Waals surface area contributed by atoms with Gasteiger partial charge in [-0.1, -0.05) is 30.3 Å². The van der Waals surface area contributed by atoms with Gasteiger partial charge in [-0.15, -0.1) is 0 Å². The van der Waals surface area contributed by atoms with Crippen molar-refractivity contribution in [1.29, 1.82) is 0 Å². The van der Waals surface area contributed by atoms with Crippen LogP contribution in [0.2, 0.25) is 0 Å². The molecule has 0 spiro atoms. The number of benzene rings is 1. The zero-order valence-electron chi connectivity index (χ0n) is 12.1. The van der Waals surface area contributed by atoms with Crippen molar-refractivity contribution in [2.75, 3.05) is 0 Å². The van der Waals surface area contributed by atoms with Crippen LogP contribution in [-0.4, -0.2) is 16.1 Å². The van der Waals surface area contributed by atoms with E-state index in [0.29, 0.717) is 0 Å². The largest absolute Gasteiger partial charge is 0.268 e. The molecule has 0 aromatic heterocycles. The molecule has 0 unspecified atom stereocenters. The quantitative estimate of drug-likeness (QED) is 0.811. The van der Waals surface area contributed by atoms with E-state index in [0.717, 1.165) is 5.92 Å². The van der Waals surface area contributed by atoms with Crippen LogP contribution in [0, 0.1) is 5.92 Å². The molecule has 1 aromatic rings. The van der Waals surface area contributed by atoms with Crippen molar-refractivity contribution < 1.29 is 0 Å². The van der Waals surface area contributed by atoms with Crippen LogP contribution >= 0.6 is 0 Å². The maximum atomic E-state index is 6.28. The van der Waals surface area contributed by atoms with Crippen LogP contribution in [0.5, 0.6) is 0 Å². The van der Waals surface area contributed by atoms with E-state index in [1.54, 1.807) is 0 Å². The van der Waals surface area contributed by atoms with E-state index >= 15 is 0 Å². The smallest absolute Gasteiger partial charge is 0.0304 e. The first-order chi connectivity index (χ1) is 8.31. The summed E-state index contributed by atoms with van der Waals surface area (Å²) in [6.45, 7) is 9.02. The SMILES string of the molecule is CC1(C)CC(Cc2ccccc2)CC(C)(C)N1N. The number of nitrogens with two attached hydrogens (primary N) is 1. The molecule has 0 radical (unpaired) electrons. The Morgan fingerprint density at radius 2 is 1.56 bits per heavy atom. The summed E-state index contributed by atoms with van der Waals surface area (Å²) in [4.78, 5) is 0. The summed E-state index contributed by atoms with van der Waals surface area (Å²) in [5.74, 6) is 7.00. The Hall–Kier alpha value is -0.860. The van der Waals surface area contributed by atoms with Crippen molar-refractivity contribution in [1.82, 2.24) is 5.01 Å². The molecule has 1 saturated heterocycles. The summed E-state index contributed by atoms with van der Waals surface area (Å²) in [7, 11) is 0. The lowest BCUT2D eigenvalue weighted by molar-refractivity contribution is -0.0526. The zero-order chi connectivity index (χ0) is 13.4. The Balaban J connectivity index is 2.12. The van der Waals surface area contributed by atoms with Crippen molar-refractivity contribution in [3.8, 4) is 0 Å². The van der Waals surface area contributed by atoms with Gasteiger partial charge in [-0.25, -0.2) is 5.01 Å². The van der Waals surface area contributed by atoms with Crippen molar-refractivity contribution >= 4 is 0 Å². The molecule has 1 aromatic carbocycles. The summed E-state index contributed by atoms with van der Waals surface area (Å²) in [6, 6.07) is 10.8. The van der Waals surface area contributed by atoms with Gasteiger partial charge < -0.3 is 0 Å². The highest BCUT2D eigenvalue weighted by molar-refractivity contribution is 5.16. The highest BCUT2D eigenvalue weighted by Crippen LogP contribution is 2.40. The monoisotopic (exact) mass is 246 g/mol. The zero-order valence-corrected chi connectivity index (χ0v) is 12.1. The third-order valence-electron chi connectivity index (χ3n) is 4.25. The molecule has 1 aliphatic heterocycles.